The van der Waals surface area contributed by atoms with Crippen molar-refractivity contribution in [2.45, 2.75) is 43.2 Å². The number of halogens is 3. The highest BCUT2D eigenvalue weighted by molar-refractivity contribution is 5.89. The van der Waals surface area contributed by atoms with E-state index in [4.69, 9.17) is 4.74 Å². The topological polar surface area (TPSA) is 115 Å². The quantitative estimate of drug-likeness (QED) is 0.361. The zero-order valence-corrected chi connectivity index (χ0v) is 22.4. The summed E-state index contributed by atoms with van der Waals surface area (Å²) in [7, 11) is 0. The summed E-state index contributed by atoms with van der Waals surface area (Å²) >= 11 is 0. The molecule has 0 aromatic heterocycles. The van der Waals surface area contributed by atoms with E-state index in [-0.39, 0.29) is 32.5 Å². The molecule has 12 heteroatoms. The molecule has 2 amide bonds. The molecule has 220 valence electrons. The van der Waals surface area contributed by atoms with E-state index in [1.54, 1.807) is 29.2 Å². The van der Waals surface area contributed by atoms with Crippen molar-refractivity contribution in [1.82, 2.24) is 15.5 Å². The van der Waals surface area contributed by atoms with Crippen molar-refractivity contribution in [3.8, 4) is 11.8 Å². The van der Waals surface area contributed by atoms with E-state index < -0.39 is 54.6 Å². The summed E-state index contributed by atoms with van der Waals surface area (Å²) < 4.78 is 43.4. The lowest BCUT2D eigenvalue weighted by Gasteiger charge is -2.36. The fraction of sp³-hybridized carbons (Fsp3) is 0.483. The van der Waals surface area contributed by atoms with Crippen LogP contribution in [0.3, 0.4) is 0 Å². The van der Waals surface area contributed by atoms with Gasteiger partial charge in [0.1, 0.15) is 37.0 Å². The monoisotopic (exact) mass is 575 g/mol. The number of rotatable bonds is 9. The fourth-order valence-electron chi connectivity index (χ4n) is 5.10. The fourth-order valence-corrected chi connectivity index (χ4v) is 5.10. The summed E-state index contributed by atoms with van der Waals surface area (Å²) in [5.74, 6) is -2.13. The zero-order valence-electron chi connectivity index (χ0n) is 22.4. The second kappa shape index (κ2) is 13.9. The summed E-state index contributed by atoms with van der Waals surface area (Å²) in [6.07, 6.45) is -6.24. The number of hydrogen-bond donors (Lipinski definition) is 4. The number of benzene rings is 2. The standard InChI is InChI=1S/C29H33F3N4O5/c30-29(31,32)18-35-28(40)24-15-33-10-11-36(24)16-21(37)13-20(12-19-6-2-1-3-7-19)27(39)34-14-23-22-8-4-5-9-26(22)41-17-25(23)38/h1-9,20-21,23-25,33,37-38H,10-13,15-18H2/p+1/t20-,21+,23?,24+,25-/m1/s1. The number of carbonyl (C=O) groups excluding carboxylic acids is 2. The number of carbonyl (C=O) groups is 2. The predicted octanol–water partition coefficient (Wildman–Crippen LogP) is 1.95. The Hall–Kier alpha value is -3.50. The van der Waals surface area contributed by atoms with Crippen molar-refractivity contribution in [3.05, 3.63) is 70.6 Å². The molecule has 2 heterocycles. The Morgan fingerprint density at radius 2 is 1.90 bits per heavy atom. The molecule has 1 fully saturated rings. The minimum absolute atomic E-state index is 0.00659. The number of aliphatic hydroxyl groups excluding tert-OH is 2. The number of amides is 2. The Balaban J connectivity index is 1.47. The van der Waals surface area contributed by atoms with Gasteiger partial charge in [0, 0.05) is 36.6 Å². The normalized spacial score (nSPS) is 22.3. The molecule has 2 aromatic rings. The Bertz CT molecular complexity index is 1250. The lowest BCUT2D eigenvalue weighted by atomic mass is 9.91. The second-order valence-electron chi connectivity index (χ2n) is 10.3. The van der Waals surface area contributed by atoms with E-state index in [0.29, 0.717) is 24.4 Å². The third-order valence-electron chi connectivity index (χ3n) is 7.16. The van der Waals surface area contributed by atoms with Gasteiger partial charge >= 0.3 is 12.1 Å². The minimum Gasteiger partial charge on any atom is -0.490 e. The molecular formula is C29H34F3N4O5+. The summed E-state index contributed by atoms with van der Waals surface area (Å²) in [6, 6.07) is 18.3. The maximum Gasteiger partial charge on any atom is 0.518 e. The van der Waals surface area contributed by atoms with Gasteiger partial charge in [0.25, 0.3) is 6.07 Å². The second-order valence-corrected chi connectivity index (χ2v) is 10.3. The van der Waals surface area contributed by atoms with Gasteiger partial charge in [-0.05, 0) is 24.5 Å². The molecule has 9 nitrogen and oxygen atoms in total. The Morgan fingerprint density at radius 1 is 1.17 bits per heavy atom. The molecule has 0 saturated carbocycles. The van der Waals surface area contributed by atoms with Crippen LogP contribution in [-0.2, 0) is 16.0 Å². The Morgan fingerprint density at radius 3 is 2.66 bits per heavy atom. The highest BCUT2D eigenvalue weighted by atomic mass is 19.4. The van der Waals surface area contributed by atoms with Crippen molar-refractivity contribution in [2.75, 3.05) is 39.3 Å². The Kier molecular flexibility index (Phi) is 10.3. The first-order chi connectivity index (χ1) is 19.6. The van der Waals surface area contributed by atoms with E-state index in [1.165, 1.54) is 0 Å². The van der Waals surface area contributed by atoms with Crippen LogP contribution in [0.4, 0.5) is 13.2 Å². The molecule has 1 unspecified atom stereocenters. The van der Waals surface area contributed by atoms with Gasteiger partial charge in [-0.15, -0.1) is 0 Å². The highest BCUT2D eigenvalue weighted by Gasteiger charge is 2.37. The van der Waals surface area contributed by atoms with Gasteiger partial charge in [-0.2, -0.15) is 13.2 Å². The van der Waals surface area contributed by atoms with Gasteiger partial charge in [-0.25, -0.2) is 4.79 Å². The predicted molar refractivity (Wildman–Crippen MR) is 144 cm³/mol. The maximum atomic E-state index is 13.3. The number of ether oxygens (including phenoxy) is 1. The molecule has 0 radical (unpaired) electrons. The van der Waals surface area contributed by atoms with Crippen LogP contribution in [0.1, 0.15) is 23.5 Å². The lowest BCUT2D eigenvalue weighted by Crippen LogP contribution is -2.59. The third kappa shape index (κ3) is 8.74. The maximum absolute atomic E-state index is 13.3. The van der Waals surface area contributed by atoms with Crippen LogP contribution in [0.5, 0.6) is 5.75 Å². The summed E-state index contributed by atoms with van der Waals surface area (Å²) in [4.78, 5) is 31.5. The largest absolute Gasteiger partial charge is 0.518 e. The summed E-state index contributed by atoms with van der Waals surface area (Å²) in [6.45, 7) is -0.442. The highest BCUT2D eigenvalue weighted by Crippen LogP contribution is 2.33. The number of piperazine rings is 1. The smallest absolute Gasteiger partial charge is 0.490 e. The van der Waals surface area contributed by atoms with Crippen LogP contribution in [0.15, 0.2) is 54.6 Å². The molecule has 5 atom stereocenters. The van der Waals surface area contributed by atoms with Gasteiger partial charge in [-0.3, -0.25) is 9.69 Å². The van der Waals surface area contributed by atoms with E-state index >= 15 is 0 Å². The van der Waals surface area contributed by atoms with E-state index in [9.17, 15) is 33.0 Å². The number of alkyl halides is 3. The molecule has 1 saturated heterocycles. The zero-order chi connectivity index (χ0) is 29.4. The van der Waals surface area contributed by atoms with Crippen molar-refractivity contribution in [2.24, 2.45) is 5.92 Å². The molecular weight excluding hydrogens is 541 g/mol. The number of aliphatic hydroxyl groups is 2. The van der Waals surface area contributed by atoms with Crippen molar-refractivity contribution in [1.29, 1.82) is 0 Å². The molecule has 0 bridgehead atoms. The summed E-state index contributed by atoms with van der Waals surface area (Å²) in [5, 5.41) is 26.4. The number of β-amino-alcohol motifs (C(OH)–C–C–N with tert-alkyl or cyclic N) is 1. The van der Waals surface area contributed by atoms with Gasteiger partial charge < -0.3 is 25.6 Å². The first-order valence-electron chi connectivity index (χ1n) is 13.5. The third-order valence-corrected chi connectivity index (χ3v) is 7.16. The minimum atomic E-state index is -4.53. The molecule has 2 aliphatic rings. The first-order valence-corrected chi connectivity index (χ1v) is 13.5. The van der Waals surface area contributed by atoms with Gasteiger partial charge in [0.05, 0.1) is 6.10 Å². The molecule has 2 aliphatic heterocycles. The van der Waals surface area contributed by atoms with E-state index in [0.717, 1.165) is 5.56 Å². The number of fused-ring (bicyclic) bond motifs is 1. The molecule has 0 aliphatic carbocycles. The van der Waals surface area contributed by atoms with Crippen LogP contribution in [0, 0.1) is 12.0 Å². The van der Waals surface area contributed by atoms with Crippen LogP contribution >= 0.6 is 0 Å². The lowest BCUT2D eigenvalue weighted by molar-refractivity contribution is -0.142. The van der Waals surface area contributed by atoms with Gasteiger partial charge in [0.2, 0.25) is 5.91 Å². The number of para-hydroxylation sites is 1. The van der Waals surface area contributed by atoms with Gasteiger partial charge in [0.15, 0.2) is 5.92 Å². The van der Waals surface area contributed by atoms with Crippen molar-refractivity contribution < 1.29 is 37.7 Å². The number of nitrogens with one attached hydrogen (secondary N) is 2. The van der Waals surface area contributed by atoms with Crippen molar-refractivity contribution >= 4 is 11.8 Å². The van der Waals surface area contributed by atoms with Crippen LogP contribution in [0.2, 0.25) is 0 Å². The molecule has 41 heavy (non-hydrogen) atoms. The van der Waals surface area contributed by atoms with Crippen molar-refractivity contribution in [3.63, 3.8) is 0 Å². The average Bonchev–Trinajstić information content (AvgIpc) is 2.95. The van der Waals surface area contributed by atoms with Gasteiger partial charge in [-0.1, -0.05) is 48.5 Å². The van der Waals surface area contributed by atoms with E-state index in [2.05, 4.69) is 16.2 Å². The first kappa shape index (κ1) is 30.5. The molecule has 0 spiro atoms. The van der Waals surface area contributed by atoms with Crippen LogP contribution in [-0.4, -0.2) is 90.7 Å². The summed E-state index contributed by atoms with van der Waals surface area (Å²) in [5.41, 5.74) is 1.52. The molecule has 4 N–H and O–H groups in total. The molecule has 4 rings (SSSR count). The number of hydrogen-bond acceptors (Lipinski definition) is 7. The SMILES string of the molecule is O=C([N+]#CC1c2ccccc2OC[C@H]1O)[C@H](Cc1ccccc1)C[C@H](O)CN1CCNC[C@H]1C(=O)NCC(F)(F)F. The molecule has 2 aromatic carbocycles. The van der Waals surface area contributed by atoms with E-state index in [1.807, 2.05) is 35.6 Å². The Labute approximate surface area is 236 Å². The average molecular weight is 576 g/mol. The number of nitrogens with zero attached hydrogens (tertiary/aromatic N) is 2. The van der Waals surface area contributed by atoms with Crippen LogP contribution < -0.4 is 15.4 Å². The van der Waals surface area contributed by atoms with Crippen LogP contribution in [0.25, 0.3) is 4.85 Å².